The van der Waals surface area contributed by atoms with Crippen LogP contribution in [0.3, 0.4) is 0 Å². The maximum absolute atomic E-state index is 11.8. The van der Waals surface area contributed by atoms with Crippen LogP contribution in [-0.4, -0.2) is 14.8 Å². The predicted molar refractivity (Wildman–Crippen MR) is 74.7 cm³/mol. The highest BCUT2D eigenvalue weighted by Crippen LogP contribution is 2.30. The number of hydrogen-bond acceptors (Lipinski definition) is 4. The van der Waals surface area contributed by atoms with Gasteiger partial charge in [-0.3, -0.25) is 9.78 Å². The first-order valence-electron chi connectivity index (χ1n) is 6.66. The lowest BCUT2D eigenvalue weighted by molar-refractivity contribution is 0.657. The van der Waals surface area contributed by atoms with E-state index in [0.717, 1.165) is 42.1 Å². The van der Waals surface area contributed by atoms with Crippen molar-refractivity contribution in [3.63, 3.8) is 0 Å². The molecule has 1 aromatic rings. The van der Waals surface area contributed by atoms with Gasteiger partial charge in [0.05, 0.1) is 17.7 Å². The van der Waals surface area contributed by atoms with Gasteiger partial charge >= 0.3 is 5.69 Å². The third-order valence-corrected chi connectivity index (χ3v) is 3.21. The molecule has 1 aliphatic rings. The number of aromatic nitrogens is 3. The lowest BCUT2D eigenvalue weighted by Crippen LogP contribution is -2.32. The van der Waals surface area contributed by atoms with Gasteiger partial charge in [-0.2, -0.15) is 15.0 Å². The minimum Gasteiger partial charge on any atom is -0.271 e. The van der Waals surface area contributed by atoms with E-state index in [1.165, 1.54) is 0 Å². The van der Waals surface area contributed by atoms with Crippen molar-refractivity contribution in [3.05, 3.63) is 44.8 Å². The van der Waals surface area contributed by atoms with Crippen molar-refractivity contribution in [2.45, 2.75) is 32.6 Å². The second kappa shape index (κ2) is 6.15. The van der Waals surface area contributed by atoms with E-state index in [1.807, 2.05) is 19.1 Å². The molecule has 0 bridgehead atoms. The van der Waals surface area contributed by atoms with E-state index in [0.29, 0.717) is 5.70 Å². The molecule has 20 heavy (non-hydrogen) atoms. The predicted octanol–water partition coefficient (Wildman–Crippen LogP) is 1.43. The molecule has 1 aromatic heterocycles. The van der Waals surface area contributed by atoms with Gasteiger partial charge in [-0.1, -0.05) is 25.5 Å². The van der Waals surface area contributed by atoms with Gasteiger partial charge in [0.15, 0.2) is 0 Å². The summed E-state index contributed by atoms with van der Waals surface area (Å²) >= 11 is 0. The van der Waals surface area contributed by atoms with Gasteiger partial charge in [0.1, 0.15) is 6.20 Å². The van der Waals surface area contributed by atoms with Crippen LogP contribution in [0.2, 0.25) is 0 Å². The highest BCUT2D eigenvalue weighted by atomic mass is 16.2. The number of nitrogens with zero attached hydrogens (tertiary/aromatic N) is 3. The molecule has 2 rings (SSSR count). The third kappa shape index (κ3) is 2.77. The van der Waals surface area contributed by atoms with Crippen LogP contribution in [0.1, 0.15) is 32.6 Å². The van der Waals surface area contributed by atoms with Gasteiger partial charge in [-0.25, -0.2) is 4.79 Å². The minimum atomic E-state index is -0.579. The summed E-state index contributed by atoms with van der Waals surface area (Å²) in [6.45, 7) is 2.02. The Hall–Kier alpha value is -2.42. The number of aromatic amines is 1. The maximum atomic E-state index is 11.8. The molecule has 1 atom stereocenters. The molecule has 0 saturated heterocycles. The Balaban J connectivity index is 2.46. The summed E-state index contributed by atoms with van der Waals surface area (Å²) in [5.41, 5.74) is 0.322. The Morgan fingerprint density at radius 2 is 2.20 bits per heavy atom. The first-order valence-corrected chi connectivity index (χ1v) is 6.66. The average Bonchev–Trinajstić information content (AvgIpc) is 2.45. The standard InChI is InChI=1S/C14H16N4O2/c1-2-5-10(8-15)11-6-3-4-7-12(11)18-14(20)17-13(19)9-16-18/h6-7,9-10H,2-5H2,1H3,(H,17,19,20). The molecule has 1 aliphatic carbocycles. The molecule has 1 unspecified atom stereocenters. The molecule has 0 saturated carbocycles. The van der Waals surface area contributed by atoms with Gasteiger partial charge in [-0.15, -0.1) is 0 Å². The molecular formula is C14H16N4O2. The maximum Gasteiger partial charge on any atom is 0.349 e. The topological polar surface area (TPSA) is 91.5 Å². The lowest BCUT2D eigenvalue weighted by Gasteiger charge is -2.20. The molecule has 0 amide bonds. The highest BCUT2D eigenvalue weighted by Gasteiger charge is 2.21. The number of hydrogen-bond donors (Lipinski definition) is 1. The summed E-state index contributed by atoms with van der Waals surface area (Å²) in [7, 11) is 0. The quantitative estimate of drug-likeness (QED) is 0.897. The van der Waals surface area contributed by atoms with Crippen molar-refractivity contribution in [3.8, 4) is 6.07 Å². The Bertz CT molecular complexity index is 703. The summed E-state index contributed by atoms with van der Waals surface area (Å²) in [5.74, 6) is -0.257. The Morgan fingerprint density at radius 1 is 1.45 bits per heavy atom. The number of nitrogens with one attached hydrogen (secondary N) is 1. The van der Waals surface area contributed by atoms with Gasteiger partial charge in [0.25, 0.3) is 5.56 Å². The summed E-state index contributed by atoms with van der Waals surface area (Å²) in [6, 6.07) is 2.28. The number of rotatable bonds is 4. The fraction of sp³-hybridized carbons (Fsp3) is 0.429. The molecule has 0 spiro atoms. The molecule has 0 aromatic carbocycles. The molecule has 0 radical (unpaired) electrons. The molecule has 1 N–H and O–H groups in total. The molecule has 1 heterocycles. The zero-order chi connectivity index (χ0) is 14.5. The van der Waals surface area contributed by atoms with E-state index < -0.39 is 11.2 Å². The van der Waals surface area contributed by atoms with E-state index in [1.54, 1.807) is 0 Å². The number of allylic oxidation sites excluding steroid dienone is 4. The third-order valence-electron chi connectivity index (χ3n) is 3.21. The van der Waals surface area contributed by atoms with Gasteiger partial charge in [0, 0.05) is 0 Å². The summed E-state index contributed by atoms with van der Waals surface area (Å²) in [6.07, 6.45) is 8.19. The van der Waals surface area contributed by atoms with Crippen LogP contribution in [0.15, 0.2) is 33.5 Å². The highest BCUT2D eigenvalue weighted by molar-refractivity contribution is 5.66. The van der Waals surface area contributed by atoms with Crippen LogP contribution in [0.4, 0.5) is 0 Å². The van der Waals surface area contributed by atoms with Gasteiger partial charge in [0.2, 0.25) is 0 Å². The van der Waals surface area contributed by atoms with E-state index in [2.05, 4.69) is 16.2 Å². The molecular weight excluding hydrogens is 256 g/mol. The van der Waals surface area contributed by atoms with E-state index >= 15 is 0 Å². The van der Waals surface area contributed by atoms with Crippen LogP contribution >= 0.6 is 0 Å². The van der Waals surface area contributed by atoms with Crippen molar-refractivity contribution < 1.29 is 0 Å². The smallest absolute Gasteiger partial charge is 0.271 e. The van der Waals surface area contributed by atoms with Crippen molar-refractivity contribution in [1.82, 2.24) is 14.8 Å². The van der Waals surface area contributed by atoms with Crippen molar-refractivity contribution >= 4 is 5.70 Å². The normalized spacial score (nSPS) is 16.0. The van der Waals surface area contributed by atoms with Crippen LogP contribution in [0.25, 0.3) is 5.70 Å². The Morgan fingerprint density at radius 3 is 2.85 bits per heavy atom. The fourth-order valence-electron chi connectivity index (χ4n) is 2.31. The molecule has 0 aliphatic heterocycles. The van der Waals surface area contributed by atoms with E-state index in [-0.39, 0.29) is 5.92 Å². The van der Waals surface area contributed by atoms with Gasteiger partial charge in [-0.05, 0) is 24.8 Å². The Kier molecular flexibility index (Phi) is 4.31. The molecule has 6 heteroatoms. The molecule has 0 fully saturated rings. The summed E-state index contributed by atoms with van der Waals surface area (Å²) in [4.78, 5) is 25.1. The van der Waals surface area contributed by atoms with Crippen molar-refractivity contribution in [1.29, 1.82) is 5.26 Å². The van der Waals surface area contributed by atoms with Crippen molar-refractivity contribution in [2.75, 3.05) is 0 Å². The number of H-pyrrole nitrogens is 1. The summed E-state index contributed by atoms with van der Waals surface area (Å²) in [5, 5.41) is 13.2. The van der Waals surface area contributed by atoms with Gasteiger partial charge < -0.3 is 0 Å². The first-order chi connectivity index (χ1) is 9.67. The van der Waals surface area contributed by atoms with E-state index in [9.17, 15) is 14.9 Å². The largest absolute Gasteiger partial charge is 0.349 e. The average molecular weight is 272 g/mol. The first kappa shape index (κ1) is 14.0. The Labute approximate surface area is 116 Å². The van der Waals surface area contributed by atoms with Crippen LogP contribution in [0, 0.1) is 17.2 Å². The van der Waals surface area contributed by atoms with Crippen LogP contribution in [0.5, 0.6) is 0 Å². The molecule has 104 valence electrons. The zero-order valence-corrected chi connectivity index (χ0v) is 11.3. The minimum absolute atomic E-state index is 0.257. The fourth-order valence-corrected chi connectivity index (χ4v) is 2.31. The van der Waals surface area contributed by atoms with Crippen LogP contribution in [-0.2, 0) is 0 Å². The van der Waals surface area contributed by atoms with Crippen LogP contribution < -0.4 is 11.2 Å². The SMILES string of the molecule is CCCC(C#N)C1=CCCC=C1n1ncc(=O)[nH]c1=O. The number of nitriles is 1. The second-order valence-electron chi connectivity index (χ2n) is 4.65. The zero-order valence-electron chi connectivity index (χ0n) is 11.3. The van der Waals surface area contributed by atoms with E-state index in [4.69, 9.17) is 0 Å². The molecule has 6 nitrogen and oxygen atoms in total. The lowest BCUT2D eigenvalue weighted by atomic mass is 9.89. The van der Waals surface area contributed by atoms with Crippen molar-refractivity contribution in [2.24, 2.45) is 5.92 Å². The second-order valence-corrected chi connectivity index (χ2v) is 4.65. The summed E-state index contributed by atoms with van der Waals surface area (Å²) < 4.78 is 1.16. The monoisotopic (exact) mass is 272 g/mol.